The third-order valence-corrected chi connectivity index (χ3v) is 3.52. The molecule has 0 saturated carbocycles. The summed E-state index contributed by atoms with van der Waals surface area (Å²) in [6, 6.07) is 5.31. The Kier molecular flexibility index (Phi) is 4.77. The van der Waals surface area contributed by atoms with Gasteiger partial charge in [0, 0.05) is 29.7 Å². The Morgan fingerprint density at radius 1 is 1.41 bits per heavy atom. The second-order valence-corrected chi connectivity index (χ2v) is 4.89. The van der Waals surface area contributed by atoms with Crippen LogP contribution in [-0.4, -0.2) is 19.1 Å². The lowest BCUT2D eigenvalue weighted by atomic mass is 10.1. The smallest absolute Gasteiger partial charge is 0.129 e. The summed E-state index contributed by atoms with van der Waals surface area (Å²) in [7, 11) is 0. The molecule has 0 aromatic heterocycles. The Hall–Kier alpha value is -0.640. The number of piperidine rings is 1. The average molecular weight is 257 g/mol. The zero-order valence-corrected chi connectivity index (χ0v) is 10.6. The van der Waals surface area contributed by atoms with Gasteiger partial charge >= 0.3 is 0 Å². The van der Waals surface area contributed by atoms with Crippen LogP contribution in [0.15, 0.2) is 18.2 Å². The SMILES string of the molecule is Fc1cccc(Cl)c1CNC[C@@H]1CCCCN1. The predicted octanol–water partition coefficient (Wildman–Crippen LogP) is 2.71. The maximum absolute atomic E-state index is 13.5. The van der Waals surface area contributed by atoms with E-state index < -0.39 is 0 Å². The summed E-state index contributed by atoms with van der Waals surface area (Å²) >= 11 is 5.96. The van der Waals surface area contributed by atoms with Crippen molar-refractivity contribution in [2.75, 3.05) is 13.1 Å². The van der Waals surface area contributed by atoms with Gasteiger partial charge in [-0.25, -0.2) is 4.39 Å². The van der Waals surface area contributed by atoms with Gasteiger partial charge in [0.15, 0.2) is 0 Å². The molecule has 1 aliphatic heterocycles. The lowest BCUT2D eigenvalue weighted by molar-refractivity contribution is 0.382. The Morgan fingerprint density at radius 2 is 2.29 bits per heavy atom. The van der Waals surface area contributed by atoms with Crippen LogP contribution in [0.3, 0.4) is 0 Å². The van der Waals surface area contributed by atoms with Crippen LogP contribution in [-0.2, 0) is 6.54 Å². The summed E-state index contributed by atoms with van der Waals surface area (Å²) in [5, 5.41) is 7.21. The molecule has 1 saturated heterocycles. The first-order chi connectivity index (χ1) is 8.27. The predicted molar refractivity (Wildman–Crippen MR) is 68.8 cm³/mol. The fraction of sp³-hybridized carbons (Fsp3) is 0.538. The van der Waals surface area contributed by atoms with E-state index in [4.69, 9.17) is 11.6 Å². The third-order valence-electron chi connectivity index (χ3n) is 3.17. The molecule has 17 heavy (non-hydrogen) atoms. The van der Waals surface area contributed by atoms with E-state index in [0.29, 0.717) is 23.2 Å². The topological polar surface area (TPSA) is 24.1 Å². The van der Waals surface area contributed by atoms with Gasteiger partial charge in [0.05, 0.1) is 0 Å². The molecule has 1 aromatic rings. The molecular weight excluding hydrogens is 239 g/mol. The van der Waals surface area contributed by atoms with Crippen molar-refractivity contribution in [1.82, 2.24) is 10.6 Å². The lowest BCUT2D eigenvalue weighted by Gasteiger charge is -2.23. The molecule has 2 rings (SSSR count). The third kappa shape index (κ3) is 3.66. The minimum Gasteiger partial charge on any atom is -0.313 e. The lowest BCUT2D eigenvalue weighted by Crippen LogP contribution is -2.41. The molecule has 4 heteroatoms. The largest absolute Gasteiger partial charge is 0.313 e. The molecule has 0 unspecified atom stereocenters. The van der Waals surface area contributed by atoms with Crippen molar-refractivity contribution in [2.24, 2.45) is 0 Å². The molecule has 0 spiro atoms. The van der Waals surface area contributed by atoms with Crippen molar-refractivity contribution < 1.29 is 4.39 Å². The number of hydrogen-bond acceptors (Lipinski definition) is 2. The van der Waals surface area contributed by atoms with E-state index in [0.717, 1.165) is 13.1 Å². The highest BCUT2D eigenvalue weighted by atomic mass is 35.5. The van der Waals surface area contributed by atoms with Crippen LogP contribution in [0.25, 0.3) is 0 Å². The van der Waals surface area contributed by atoms with Crippen molar-refractivity contribution in [3.63, 3.8) is 0 Å². The fourth-order valence-electron chi connectivity index (χ4n) is 2.17. The van der Waals surface area contributed by atoms with Gasteiger partial charge in [-0.15, -0.1) is 0 Å². The molecule has 1 fully saturated rings. The number of benzene rings is 1. The molecule has 0 aliphatic carbocycles. The molecule has 2 nitrogen and oxygen atoms in total. The highest BCUT2D eigenvalue weighted by Crippen LogP contribution is 2.18. The van der Waals surface area contributed by atoms with E-state index in [1.807, 2.05) is 0 Å². The van der Waals surface area contributed by atoms with E-state index in [1.165, 1.54) is 25.3 Å². The van der Waals surface area contributed by atoms with Gasteiger partial charge < -0.3 is 10.6 Å². The molecule has 0 radical (unpaired) electrons. The van der Waals surface area contributed by atoms with Crippen LogP contribution >= 0.6 is 11.6 Å². The molecule has 0 amide bonds. The second kappa shape index (κ2) is 6.34. The quantitative estimate of drug-likeness (QED) is 0.866. The summed E-state index contributed by atoms with van der Waals surface area (Å²) in [5.41, 5.74) is 0.560. The highest BCUT2D eigenvalue weighted by Gasteiger charge is 2.12. The van der Waals surface area contributed by atoms with Crippen molar-refractivity contribution in [1.29, 1.82) is 0 Å². The average Bonchev–Trinajstić information content (AvgIpc) is 2.34. The van der Waals surface area contributed by atoms with Gasteiger partial charge in [0.1, 0.15) is 5.82 Å². The first kappa shape index (κ1) is 12.8. The van der Waals surface area contributed by atoms with Gasteiger partial charge in [-0.1, -0.05) is 24.1 Å². The molecule has 0 bridgehead atoms. The minimum absolute atomic E-state index is 0.235. The number of hydrogen-bond donors (Lipinski definition) is 2. The van der Waals surface area contributed by atoms with Crippen LogP contribution in [0, 0.1) is 5.82 Å². The van der Waals surface area contributed by atoms with Gasteiger partial charge in [0.2, 0.25) is 0 Å². The molecule has 1 atom stereocenters. The number of nitrogens with one attached hydrogen (secondary N) is 2. The summed E-state index contributed by atoms with van der Waals surface area (Å²) in [4.78, 5) is 0. The van der Waals surface area contributed by atoms with E-state index in [9.17, 15) is 4.39 Å². The van der Waals surface area contributed by atoms with E-state index in [-0.39, 0.29) is 5.82 Å². The van der Waals surface area contributed by atoms with Crippen LogP contribution in [0.4, 0.5) is 4.39 Å². The van der Waals surface area contributed by atoms with Crippen molar-refractivity contribution in [3.05, 3.63) is 34.6 Å². The van der Waals surface area contributed by atoms with Crippen LogP contribution in [0.5, 0.6) is 0 Å². The molecular formula is C13H18ClFN2. The molecule has 1 aromatic carbocycles. The van der Waals surface area contributed by atoms with Crippen LogP contribution in [0.1, 0.15) is 24.8 Å². The Labute approximate surface area is 107 Å². The van der Waals surface area contributed by atoms with E-state index in [2.05, 4.69) is 10.6 Å². The normalized spacial score (nSPS) is 20.5. The minimum atomic E-state index is -0.235. The monoisotopic (exact) mass is 256 g/mol. The van der Waals surface area contributed by atoms with Gasteiger partial charge in [-0.2, -0.15) is 0 Å². The van der Waals surface area contributed by atoms with Crippen molar-refractivity contribution in [3.8, 4) is 0 Å². The van der Waals surface area contributed by atoms with E-state index >= 15 is 0 Å². The molecule has 94 valence electrons. The summed E-state index contributed by atoms with van der Waals surface area (Å²) in [6.45, 7) is 2.45. The first-order valence-corrected chi connectivity index (χ1v) is 6.52. The van der Waals surface area contributed by atoms with Crippen LogP contribution < -0.4 is 10.6 Å². The van der Waals surface area contributed by atoms with Gasteiger partial charge in [-0.3, -0.25) is 0 Å². The van der Waals surface area contributed by atoms with Gasteiger partial charge in [0.25, 0.3) is 0 Å². The summed E-state index contributed by atoms with van der Waals surface area (Å²) < 4.78 is 13.5. The summed E-state index contributed by atoms with van der Waals surface area (Å²) in [6.07, 6.45) is 3.73. The molecule has 2 N–H and O–H groups in total. The van der Waals surface area contributed by atoms with Crippen molar-refractivity contribution in [2.45, 2.75) is 31.8 Å². The number of halogens is 2. The van der Waals surface area contributed by atoms with E-state index in [1.54, 1.807) is 12.1 Å². The maximum atomic E-state index is 13.5. The Morgan fingerprint density at radius 3 is 3.00 bits per heavy atom. The zero-order valence-electron chi connectivity index (χ0n) is 9.81. The number of rotatable bonds is 4. The second-order valence-electron chi connectivity index (χ2n) is 4.48. The fourth-order valence-corrected chi connectivity index (χ4v) is 2.40. The zero-order chi connectivity index (χ0) is 12.1. The first-order valence-electron chi connectivity index (χ1n) is 6.14. The Bertz CT molecular complexity index is 344. The maximum Gasteiger partial charge on any atom is 0.129 e. The standard InChI is InChI=1S/C13H18ClFN2/c14-12-5-3-6-13(15)11(12)9-16-8-10-4-1-2-7-17-10/h3,5-6,10,16-17H,1-2,4,7-9H2/t10-/m0/s1. The highest BCUT2D eigenvalue weighted by molar-refractivity contribution is 6.31. The molecule has 1 heterocycles. The molecule has 1 aliphatic rings. The van der Waals surface area contributed by atoms with Gasteiger partial charge in [-0.05, 0) is 31.5 Å². The van der Waals surface area contributed by atoms with Crippen molar-refractivity contribution >= 4 is 11.6 Å². The van der Waals surface area contributed by atoms with Crippen LogP contribution in [0.2, 0.25) is 5.02 Å². The Balaban J connectivity index is 1.81. The summed E-state index contributed by atoms with van der Waals surface area (Å²) in [5.74, 6) is -0.235.